The van der Waals surface area contributed by atoms with Crippen LogP contribution in [0.5, 0.6) is 11.5 Å². The number of fused-ring (bicyclic) bond motifs is 7. The Morgan fingerprint density at radius 2 is 2.09 bits per heavy atom. The van der Waals surface area contributed by atoms with E-state index < -0.39 is 6.36 Å². The Bertz CT molecular complexity index is 1500. The number of carbonyl (C=O) groups excluding carboxylic acids is 1. The number of benzene rings is 1. The van der Waals surface area contributed by atoms with Crippen molar-refractivity contribution in [3.8, 4) is 11.5 Å². The number of carbonyl (C=O) groups is 1. The van der Waals surface area contributed by atoms with Crippen molar-refractivity contribution in [2.45, 2.75) is 38.3 Å². The number of halogens is 3. The fourth-order valence-electron chi connectivity index (χ4n) is 4.94. The van der Waals surface area contributed by atoms with Crippen LogP contribution in [0.15, 0.2) is 36.8 Å². The molecule has 2 N–H and O–H groups in total. The Labute approximate surface area is 196 Å². The Balaban J connectivity index is 1.37. The summed E-state index contributed by atoms with van der Waals surface area (Å²) in [5.41, 5.74) is 9.47. The van der Waals surface area contributed by atoms with Gasteiger partial charge in [0, 0.05) is 31.0 Å². The van der Waals surface area contributed by atoms with E-state index in [4.69, 9.17) is 10.5 Å². The first-order valence-electron chi connectivity index (χ1n) is 10.9. The average Bonchev–Trinajstić information content (AvgIpc) is 3.20. The molecule has 3 aromatic heterocycles. The van der Waals surface area contributed by atoms with Crippen molar-refractivity contribution in [1.82, 2.24) is 24.3 Å². The number of pyridine rings is 1. The summed E-state index contributed by atoms with van der Waals surface area (Å²) in [5.74, 6) is -0.0484. The number of aromatic nitrogens is 4. The average molecular weight is 484 g/mol. The number of anilines is 1. The summed E-state index contributed by atoms with van der Waals surface area (Å²) in [6, 6.07) is 5.27. The third-order valence-corrected chi connectivity index (χ3v) is 6.46. The molecule has 6 rings (SSSR count). The summed E-state index contributed by atoms with van der Waals surface area (Å²) in [5, 5.41) is 0. The minimum absolute atomic E-state index is 0.206. The number of rotatable bonds is 2. The van der Waals surface area contributed by atoms with E-state index in [1.54, 1.807) is 21.7 Å². The van der Waals surface area contributed by atoms with Gasteiger partial charge in [0.25, 0.3) is 5.91 Å². The Hall–Kier alpha value is -4.09. The van der Waals surface area contributed by atoms with Crippen molar-refractivity contribution in [3.63, 3.8) is 0 Å². The quantitative estimate of drug-likeness (QED) is 0.461. The number of aryl methyl sites for hydroxylation is 1. The second kappa shape index (κ2) is 7.45. The lowest BCUT2D eigenvalue weighted by Gasteiger charge is -2.43. The number of piperidine rings is 1. The zero-order valence-corrected chi connectivity index (χ0v) is 18.4. The largest absolute Gasteiger partial charge is 0.573 e. The van der Waals surface area contributed by atoms with Crippen molar-refractivity contribution in [2.75, 3.05) is 12.3 Å². The van der Waals surface area contributed by atoms with Crippen molar-refractivity contribution >= 4 is 28.3 Å². The third-order valence-electron chi connectivity index (χ3n) is 6.46. The van der Waals surface area contributed by atoms with Crippen LogP contribution in [0, 0.1) is 6.92 Å². The molecule has 9 nitrogen and oxygen atoms in total. The number of nitrogen functional groups attached to an aromatic ring is 1. The molecule has 2 aliphatic heterocycles. The molecule has 0 aliphatic carbocycles. The van der Waals surface area contributed by atoms with E-state index in [1.807, 2.05) is 6.92 Å². The molecule has 2 bridgehead atoms. The highest BCUT2D eigenvalue weighted by Crippen LogP contribution is 2.44. The minimum Gasteiger partial charge on any atom is -0.490 e. The minimum atomic E-state index is -4.80. The van der Waals surface area contributed by atoms with Crippen molar-refractivity contribution in [3.05, 3.63) is 53.7 Å². The van der Waals surface area contributed by atoms with Crippen LogP contribution in [0.1, 0.15) is 40.6 Å². The highest BCUT2D eigenvalue weighted by Gasteiger charge is 2.40. The molecule has 12 heteroatoms. The van der Waals surface area contributed by atoms with Crippen molar-refractivity contribution in [2.24, 2.45) is 0 Å². The second-order valence-electron chi connectivity index (χ2n) is 8.63. The number of imidazole rings is 1. The van der Waals surface area contributed by atoms with Gasteiger partial charge >= 0.3 is 6.36 Å². The van der Waals surface area contributed by atoms with E-state index in [1.165, 1.54) is 24.4 Å². The number of nitrogens with zero attached hydrogens (tertiary/aromatic N) is 5. The number of ether oxygens (including phenoxy) is 2. The monoisotopic (exact) mass is 484 g/mol. The summed E-state index contributed by atoms with van der Waals surface area (Å²) < 4.78 is 49.6. The number of alkyl halides is 3. The van der Waals surface area contributed by atoms with Gasteiger partial charge in [-0.3, -0.25) is 9.20 Å². The number of likely N-dealkylation sites (tertiary alicyclic amines) is 1. The molecular weight excluding hydrogens is 465 g/mol. The zero-order chi connectivity index (χ0) is 24.5. The van der Waals surface area contributed by atoms with Crippen LogP contribution in [-0.2, 0) is 0 Å². The van der Waals surface area contributed by atoms with Gasteiger partial charge in [-0.25, -0.2) is 15.0 Å². The molecule has 1 saturated heterocycles. The van der Waals surface area contributed by atoms with Gasteiger partial charge in [-0.2, -0.15) is 0 Å². The molecule has 180 valence electrons. The Kier molecular flexibility index (Phi) is 4.57. The van der Waals surface area contributed by atoms with Gasteiger partial charge in [0.2, 0.25) is 0 Å². The van der Waals surface area contributed by atoms with E-state index in [0.29, 0.717) is 47.3 Å². The molecule has 0 saturated carbocycles. The Morgan fingerprint density at radius 3 is 2.89 bits per heavy atom. The molecule has 4 aromatic rings. The van der Waals surface area contributed by atoms with Gasteiger partial charge in [0.1, 0.15) is 40.7 Å². The van der Waals surface area contributed by atoms with Gasteiger partial charge in [0.15, 0.2) is 5.82 Å². The summed E-state index contributed by atoms with van der Waals surface area (Å²) in [4.78, 5) is 28.3. The molecule has 2 aliphatic rings. The maximum Gasteiger partial charge on any atom is 0.573 e. The normalized spacial score (nSPS) is 19.5. The van der Waals surface area contributed by atoms with Crippen molar-refractivity contribution < 1.29 is 27.4 Å². The standard InChI is InChI=1S/C23H19F3N6O3/c1-11-20-21(27)30-16-9-28-15(8-18(16)32(20)10-29-11)22(33)31-5-4-12-6-17(31)14-3-2-13(7-19(14)34-12)35-23(24,25)26/h2-3,7-10,12,17H,4-6H2,1H3,(H2,27,30)/t12-,17+/m1/s1. The number of hydrogen-bond donors (Lipinski definition) is 1. The maximum atomic E-state index is 13.6. The van der Waals surface area contributed by atoms with E-state index in [0.717, 1.165) is 5.69 Å². The van der Waals surface area contributed by atoms with Crippen molar-refractivity contribution in [1.29, 1.82) is 0 Å². The lowest BCUT2D eigenvalue weighted by atomic mass is 9.89. The predicted octanol–water partition coefficient (Wildman–Crippen LogP) is 3.81. The molecule has 0 unspecified atom stereocenters. The first kappa shape index (κ1) is 21.4. The molecular formula is C23H19F3N6O3. The van der Waals surface area contributed by atoms with E-state index in [-0.39, 0.29) is 35.2 Å². The molecule has 35 heavy (non-hydrogen) atoms. The van der Waals surface area contributed by atoms with Crippen LogP contribution in [-0.4, -0.2) is 49.2 Å². The predicted molar refractivity (Wildman–Crippen MR) is 118 cm³/mol. The highest BCUT2D eigenvalue weighted by molar-refractivity contribution is 5.96. The van der Waals surface area contributed by atoms with Crippen LogP contribution < -0.4 is 15.2 Å². The van der Waals surface area contributed by atoms with Crippen LogP contribution in [0.2, 0.25) is 0 Å². The molecule has 2 atom stereocenters. The number of hydrogen-bond acceptors (Lipinski definition) is 7. The number of nitrogens with two attached hydrogens (primary N) is 1. The fourth-order valence-corrected chi connectivity index (χ4v) is 4.94. The summed E-state index contributed by atoms with van der Waals surface area (Å²) in [6.45, 7) is 2.25. The van der Waals surface area contributed by atoms with Gasteiger partial charge in [0.05, 0.1) is 23.4 Å². The SMILES string of the molecule is Cc1ncn2c1c(N)nc1cnc(C(=O)N3CC[C@@H]4C[C@H]3c3ccc(OC(F)(F)F)cc3O4)cc12. The topological polar surface area (TPSA) is 108 Å². The molecule has 1 amide bonds. The fraction of sp³-hybridized carbons (Fsp3) is 0.304. The summed E-state index contributed by atoms with van der Waals surface area (Å²) in [7, 11) is 0. The summed E-state index contributed by atoms with van der Waals surface area (Å²) in [6.07, 6.45) is -0.805. The number of amides is 1. The lowest BCUT2D eigenvalue weighted by molar-refractivity contribution is -0.274. The maximum absolute atomic E-state index is 13.6. The third kappa shape index (κ3) is 3.56. The van der Waals surface area contributed by atoms with Gasteiger partial charge in [-0.1, -0.05) is 0 Å². The first-order chi connectivity index (χ1) is 16.7. The first-order valence-corrected chi connectivity index (χ1v) is 10.9. The smallest absolute Gasteiger partial charge is 0.490 e. The highest BCUT2D eigenvalue weighted by atomic mass is 19.4. The zero-order valence-electron chi connectivity index (χ0n) is 18.4. The molecule has 0 spiro atoms. The van der Waals surface area contributed by atoms with Crippen LogP contribution in [0.3, 0.4) is 0 Å². The molecule has 1 aromatic carbocycles. The van der Waals surface area contributed by atoms with E-state index in [9.17, 15) is 18.0 Å². The van der Waals surface area contributed by atoms with Gasteiger partial charge in [-0.15, -0.1) is 13.2 Å². The van der Waals surface area contributed by atoms with Gasteiger partial charge < -0.3 is 20.1 Å². The van der Waals surface area contributed by atoms with E-state index in [2.05, 4.69) is 19.7 Å². The van der Waals surface area contributed by atoms with Gasteiger partial charge in [-0.05, 0) is 25.1 Å². The van der Waals surface area contributed by atoms with E-state index >= 15 is 0 Å². The lowest BCUT2D eigenvalue weighted by Crippen LogP contribution is -2.46. The molecule has 5 heterocycles. The second-order valence-corrected chi connectivity index (χ2v) is 8.63. The molecule has 0 radical (unpaired) electrons. The Morgan fingerprint density at radius 1 is 1.26 bits per heavy atom. The summed E-state index contributed by atoms with van der Waals surface area (Å²) >= 11 is 0. The van der Waals surface area contributed by atoms with Crippen LogP contribution in [0.4, 0.5) is 19.0 Å². The molecule has 1 fully saturated rings. The van der Waals surface area contributed by atoms with Crippen LogP contribution in [0.25, 0.3) is 16.6 Å². The van der Waals surface area contributed by atoms with Crippen LogP contribution >= 0.6 is 0 Å².